The Bertz CT molecular complexity index is 829. The van der Waals surface area contributed by atoms with Crippen molar-refractivity contribution in [1.29, 1.82) is 0 Å². The van der Waals surface area contributed by atoms with E-state index in [0.29, 0.717) is 11.3 Å². The van der Waals surface area contributed by atoms with Crippen LogP contribution in [0.4, 0.5) is 11.4 Å². The number of anilines is 1. The van der Waals surface area contributed by atoms with Gasteiger partial charge in [-0.2, -0.15) is 0 Å². The normalized spacial score (nSPS) is 9.96. The largest absolute Gasteiger partial charge is 0.454 e. The Morgan fingerprint density at radius 2 is 1.76 bits per heavy atom. The molecule has 0 bridgehead atoms. The lowest BCUT2D eigenvalue weighted by molar-refractivity contribution is -0.384. The van der Waals surface area contributed by atoms with Crippen molar-refractivity contribution < 1.29 is 24.0 Å². The molecule has 1 N–H and O–H groups in total. The molecule has 0 fully saturated rings. The number of hydrogen-bond acceptors (Lipinski definition) is 6. The minimum atomic E-state index is -0.827. The smallest absolute Gasteiger partial charge is 0.338 e. The van der Waals surface area contributed by atoms with E-state index in [-0.39, 0.29) is 17.2 Å². The molecule has 1 amide bonds. The zero-order chi connectivity index (χ0) is 18.4. The molecule has 0 aliphatic carbocycles. The van der Waals surface area contributed by atoms with Crippen LogP contribution in [0.2, 0.25) is 0 Å². The third-order valence-electron chi connectivity index (χ3n) is 3.15. The number of ether oxygens (including phenoxy) is 1. The summed E-state index contributed by atoms with van der Waals surface area (Å²) in [5.74, 6) is -1.50. The van der Waals surface area contributed by atoms with Gasteiger partial charge in [0.15, 0.2) is 12.4 Å². The second-order valence-electron chi connectivity index (χ2n) is 5.07. The van der Waals surface area contributed by atoms with Crippen LogP contribution in [0.5, 0.6) is 0 Å². The third kappa shape index (κ3) is 4.96. The van der Waals surface area contributed by atoms with Crippen molar-refractivity contribution >= 4 is 29.0 Å². The monoisotopic (exact) mass is 342 g/mol. The van der Waals surface area contributed by atoms with Crippen LogP contribution in [-0.2, 0) is 9.53 Å². The molecule has 0 heterocycles. The second-order valence-corrected chi connectivity index (χ2v) is 5.07. The highest BCUT2D eigenvalue weighted by Gasteiger charge is 2.15. The van der Waals surface area contributed by atoms with E-state index in [0.717, 1.165) is 6.07 Å². The van der Waals surface area contributed by atoms with Gasteiger partial charge in [0.05, 0.1) is 10.5 Å². The van der Waals surface area contributed by atoms with Crippen LogP contribution >= 0.6 is 0 Å². The number of rotatable bonds is 6. The maximum absolute atomic E-state index is 12.0. The maximum atomic E-state index is 12.0. The predicted octanol–water partition coefficient (Wildman–Crippen LogP) is 2.59. The number of esters is 1. The lowest BCUT2D eigenvalue weighted by atomic mass is 10.1. The first-order valence-corrected chi connectivity index (χ1v) is 7.19. The van der Waals surface area contributed by atoms with Crippen molar-refractivity contribution in [3.05, 3.63) is 69.8 Å². The maximum Gasteiger partial charge on any atom is 0.338 e. The molecule has 0 radical (unpaired) electrons. The Morgan fingerprint density at radius 1 is 1.08 bits per heavy atom. The average Bonchev–Trinajstić information content (AvgIpc) is 2.59. The van der Waals surface area contributed by atoms with Gasteiger partial charge >= 0.3 is 5.97 Å². The number of nitrogens with one attached hydrogen (secondary N) is 1. The van der Waals surface area contributed by atoms with E-state index < -0.39 is 23.3 Å². The number of amides is 1. The Morgan fingerprint density at radius 3 is 2.36 bits per heavy atom. The number of Topliss-reactive ketones (excluding diaryl/α,β-unsaturated/α-hetero) is 1. The molecule has 25 heavy (non-hydrogen) atoms. The van der Waals surface area contributed by atoms with Gasteiger partial charge in [-0.1, -0.05) is 6.07 Å². The molecule has 0 atom stereocenters. The molecule has 2 aromatic rings. The van der Waals surface area contributed by atoms with Gasteiger partial charge in [-0.3, -0.25) is 19.7 Å². The first-order valence-electron chi connectivity index (χ1n) is 7.19. The molecule has 8 nitrogen and oxygen atoms in total. The summed E-state index contributed by atoms with van der Waals surface area (Å²) in [4.78, 5) is 44.9. The molecular formula is C17H14N2O6. The van der Waals surface area contributed by atoms with E-state index in [1.165, 1.54) is 37.3 Å². The molecule has 0 aliphatic heterocycles. The zero-order valence-electron chi connectivity index (χ0n) is 13.2. The first-order chi connectivity index (χ1) is 11.9. The Balaban J connectivity index is 1.97. The summed E-state index contributed by atoms with van der Waals surface area (Å²) in [5, 5.41) is 13.3. The molecule has 0 saturated carbocycles. The number of carbonyl (C=O) groups excluding carboxylic acids is 3. The number of carbonyl (C=O) groups is 3. The molecule has 0 aromatic heterocycles. The van der Waals surface area contributed by atoms with Gasteiger partial charge in [-0.15, -0.1) is 0 Å². The van der Waals surface area contributed by atoms with Gasteiger partial charge in [0.1, 0.15) is 0 Å². The minimum absolute atomic E-state index is 0.0111. The van der Waals surface area contributed by atoms with Crippen LogP contribution in [0.1, 0.15) is 27.6 Å². The van der Waals surface area contributed by atoms with E-state index in [4.69, 9.17) is 4.74 Å². The quantitative estimate of drug-likeness (QED) is 0.373. The van der Waals surface area contributed by atoms with E-state index in [1.54, 1.807) is 12.1 Å². The van der Waals surface area contributed by atoms with E-state index in [9.17, 15) is 24.5 Å². The summed E-state index contributed by atoms with van der Waals surface area (Å²) in [7, 11) is 0. The lowest BCUT2D eigenvalue weighted by Gasteiger charge is -2.06. The van der Waals surface area contributed by atoms with Crippen molar-refractivity contribution in [3.63, 3.8) is 0 Å². The number of benzene rings is 2. The average molecular weight is 342 g/mol. The minimum Gasteiger partial charge on any atom is -0.454 e. The van der Waals surface area contributed by atoms with Crippen molar-refractivity contribution in [3.8, 4) is 0 Å². The number of non-ortho nitro benzene ring substituents is 1. The van der Waals surface area contributed by atoms with Gasteiger partial charge < -0.3 is 10.1 Å². The van der Waals surface area contributed by atoms with E-state index in [2.05, 4.69) is 5.32 Å². The van der Waals surface area contributed by atoms with Crippen molar-refractivity contribution in [2.75, 3.05) is 11.9 Å². The Labute approximate surface area is 142 Å². The molecule has 128 valence electrons. The highest BCUT2D eigenvalue weighted by atomic mass is 16.6. The molecule has 0 saturated heterocycles. The van der Waals surface area contributed by atoms with Crippen LogP contribution in [0, 0.1) is 10.1 Å². The van der Waals surface area contributed by atoms with Crippen LogP contribution in [0.15, 0.2) is 48.5 Å². The van der Waals surface area contributed by atoms with E-state index in [1.807, 2.05) is 0 Å². The Hall–Kier alpha value is -3.55. The van der Waals surface area contributed by atoms with Gasteiger partial charge in [0, 0.05) is 30.3 Å². The van der Waals surface area contributed by atoms with Gasteiger partial charge in [0.25, 0.3) is 5.69 Å². The second kappa shape index (κ2) is 7.82. The molecule has 2 rings (SSSR count). The van der Waals surface area contributed by atoms with Crippen LogP contribution < -0.4 is 5.32 Å². The molecule has 0 unspecified atom stereocenters. The number of nitro benzene ring substituents is 1. The fourth-order valence-corrected chi connectivity index (χ4v) is 1.99. The highest BCUT2D eigenvalue weighted by molar-refractivity contribution is 6.00. The van der Waals surface area contributed by atoms with Crippen molar-refractivity contribution in [1.82, 2.24) is 0 Å². The van der Waals surface area contributed by atoms with Gasteiger partial charge in [0.2, 0.25) is 5.91 Å². The zero-order valence-corrected chi connectivity index (χ0v) is 13.2. The molecular weight excluding hydrogens is 328 g/mol. The summed E-state index contributed by atoms with van der Waals surface area (Å²) in [6.45, 7) is 0.868. The lowest BCUT2D eigenvalue weighted by Crippen LogP contribution is -2.14. The van der Waals surface area contributed by atoms with Crippen molar-refractivity contribution in [2.45, 2.75) is 6.92 Å². The van der Waals surface area contributed by atoms with E-state index >= 15 is 0 Å². The SMILES string of the molecule is CC(=O)Nc1ccc(C(=O)COC(=O)c2cccc([N+](=O)[O-])c2)cc1. The van der Waals surface area contributed by atoms with Crippen LogP contribution in [0.25, 0.3) is 0 Å². The predicted molar refractivity (Wildman–Crippen MR) is 88.5 cm³/mol. The standard InChI is InChI=1S/C17H14N2O6/c1-11(20)18-14-7-5-12(6-8-14)16(21)10-25-17(22)13-3-2-4-15(9-13)19(23)24/h2-9H,10H2,1H3,(H,18,20). The van der Waals surface area contributed by atoms with Gasteiger partial charge in [-0.25, -0.2) is 4.79 Å². The van der Waals surface area contributed by atoms with Crippen molar-refractivity contribution in [2.24, 2.45) is 0 Å². The number of nitrogens with zero attached hydrogens (tertiary/aromatic N) is 1. The third-order valence-corrected chi connectivity index (χ3v) is 3.15. The fraction of sp³-hybridized carbons (Fsp3) is 0.118. The summed E-state index contributed by atoms with van der Waals surface area (Å²) >= 11 is 0. The first kappa shape index (κ1) is 17.8. The summed E-state index contributed by atoms with van der Waals surface area (Å²) < 4.78 is 4.89. The fourth-order valence-electron chi connectivity index (χ4n) is 1.99. The molecule has 2 aromatic carbocycles. The summed E-state index contributed by atoms with van der Waals surface area (Å²) in [6.07, 6.45) is 0. The topological polar surface area (TPSA) is 116 Å². The highest BCUT2D eigenvalue weighted by Crippen LogP contribution is 2.14. The molecule has 0 aliphatic rings. The summed E-state index contributed by atoms with van der Waals surface area (Å²) in [6, 6.07) is 11.1. The molecule has 8 heteroatoms. The van der Waals surface area contributed by atoms with Gasteiger partial charge in [-0.05, 0) is 30.3 Å². The number of hydrogen-bond donors (Lipinski definition) is 1. The summed E-state index contributed by atoms with van der Waals surface area (Å²) in [5.41, 5.74) is 0.593. The van der Waals surface area contributed by atoms with Crippen LogP contribution in [0.3, 0.4) is 0 Å². The Kier molecular flexibility index (Phi) is 5.57. The molecule has 0 spiro atoms. The number of ketones is 1. The van der Waals surface area contributed by atoms with Crippen LogP contribution in [-0.4, -0.2) is 29.2 Å². The number of nitro groups is 1.